The van der Waals surface area contributed by atoms with Crippen LogP contribution in [0.1, 0.15) is 12.5 Å². The quantitative estimate of drug-likeness (QED) is 0.683. The van der Waals surface area contributed by atoms with Gasteiger partial charge in [-0.2, -0.15) is 0 Å². The van der Waals surface area contributed by atoms with Crippen LogP contribution in [0.5, 0.6) is 0 Å². The molecule has 1 rings (SSSR count). The number of ether oxygens (including phenoxy) is 2. The number of benzene rings is 1. The molecule has 0 saturated carbocycles. The summed E-state index contributed by atoms with van der Waals surface area (Å²) in [5, 5.41) is 5.62. The molecule has 0 aromatic heterocycles. The van der Waals surface area contributed by atoms with Crippen molar-refractivity contribution in [2.45, 2.75) is 13.5 Å². The lowest BCUT2D eigenvalue weighted by atomic mass is 10.2. The monoisotopic (exact) mass is 302 g/mol. The van der Waals surface area contributed by atoms with E-state index in [0.29, 0.717) is 33.0 Å². The Morgan fingerprint density at radius 1 is 1.25 bits per heavy atom. The summed E-state index contributed by atoms with van der Waals surface area (Å²) in [5.41, 5.74) is 1.81. The summed E-state index contributed by atoms with van der Waals surface area (Å²) < 4.78 is 10.7. The zero-order valence-electron chi connectivity index (χ0n) is 12.0. The lowest BCUT2D eigenvalue weighted by molar-refractivity contribution is -0.115. The molecule has 0 atom stereocenters. The highest BCUT2D eigenvalue weighted by molar-refractivity contribution is 5.92. The highest BCUT2D eigenvalue weighted by Gasteiger charge is 2.01. The van der Waals surface area contributed by atoms with Crippen molar-refractivity contribution in [1.82, 2.24) is 5.32 Å². The molecule has 0 aliphatic carbocycles. The molecule has 0 radical (unpaired) electrons. The second kappa shape index (κ2) is 11.7. The molecule has 114 valence electrons. The minimum absolute atomic E-state index is 0. The number of likely N-dealkylation sites (N-methyl/N-ethyl adjacent to an activating group) is 1. The van der Waals surface area contributed by atoms with E-state index in [9.17, 15) is 4.79 Å². The fraction of sp³-hybridized carbons (Fsp3) is 0.500. The van der Waals surface area contributed by atoms with Crippen LogP contribution in [0, 0.1) is 0 Å². The van der Waals surface area contributed by atoms with Gasteiger partial charge in [0.05, 0.1) is 26.4 Å². The van der Waals surface area contributed by atoms with Crippen LogP contribution in [0.2, 0.25) is 0 Å². The molecule has 0 aliphatic rings. The minimum atomic E-state index is -0.0584. The summed E-state index contributed by atoms with van der Waals surface area (Å²) >= 11 is 0. The molecular weight excluding hydrogens is 280 g/mol. The van der Waals surface area contributed by atoms with E-state index >= 15 is 0 Å². The van der Waals surface area contributed by atoms with Crippen LogP contribution >= 0.6 is 12.4 Å². The lowest BCUT2D eigenvalue weighted by Crippen LogP contribution is -2.25. The third-order valence-electron chi connectivity index (χ3n) is 2.39. The van der Waals surface area contributed by atoms with E-state index in [4.69, 9.17) is 9.47 Å². The van der Waals surface area contributed by atoms with Gasteiger partial charge in [0, 0.05) is 12.3 Å². The number of carbonyl (C=O) groups excluding carboxylic acids is 1. The molecule has 0 heterocycles. The van der Waals surface area contributed by atoms with Gasteiger partial charge < -0.3 is 20.1 Å². The smallest absolute Gasteiger partial charge is 0.238 e. The van der Waals surface area contributed by atoms with Gasteiger partial charge in [0.1, 0.15) is 0 Å². The van der Waals surface area contributed by atoms with Crippen molar-refractivity contribution in [3.63, 3.8) is 0 Å². The van der Waals surface area contributed by atoms with Crippen molar-refractivity contribution in [2.75, 3.05) is 38.7 Å². The maximum Gasteiger partial charge on any atom is 0.238 e. The molecule has 2 N–H and O–H groups in total. The second-order valence-corrected chi connectivity index (χ2v) is 4.03. The maximum atomic E-state index is 11.4. The van der Waals surface area contributed by atoms with Gasteiger partial charge in [-0.05, 0) is 31.7 Å². The summed E-state index contributed by atoms with van der Waals surface area (Å²) in [5.74, 6) is -0.0584. The van der Waals surface area contributed by atoms with Crippen molar-refractivity contribution < 1.29 is 14.3 Å². The Labute approximate surface area is 126 Å². The summed E-state index contributed by atoms with van der Waals surface area (Å²) in [7, 11) is 1.74. The Morgan fingerprint density at radius 3 is 2.70 bits per heavy atom. The van der Waals surface area contributed by atoms with E-state index in [2.05, 4.69) is 10.6 Å². The normalized spacial score (nSPS) is 9.90. The number of anilines is 1. The summed E-state index contributed by atoms with van der Waals surface area (Å²) in [6.07, 6.45) is 0. The predicted octanol–water partition coefficient (Wildman–Crippen LogP) is 1.82. The standard InChI is InChI=1S/C14H22N2O3.ClH/c1-3-18-7-8-19-11-12-5-4-6-13(9-12)16-14(17)10-15-2;/h4-6,9,15H,3,7-8,10-11H2,1-2H3,(H,16,17);1H. The zero-order chi connectivity index (χ0) is 13.9. The van der Waals surface area contributed by atoms with Gasteiger partial charge in [-0.1, -0.05) is 12.1 Å². The summed E-state index contributed by atoms with van der Waals surface area (Å²) in [4.78, 5) is 11.4. The number of hydrogen-bond donors (Lipinski definition) is 2. The number of carbonyl (C=O) groups is 1. The van der Waals surface area contributed by atoms with Crippen molar-refractivity contribution in [1.29, 1.82) is 0 Å². The van der Waals surface area contributed by atoms with E-state index in [1.807, 2.05) is 31.2 Å². The van der Waals surface area contributed by atoms with Crippen molar-refractivity contribution in [3.05, 3.63) is 29.8 Å². The molecule has 0 fully saturated rings. The number of nitrogens with one attached hydrogen (secondary N) is 2. The fourth-order valence-electron chi connectivity index (χ4n) is 1.56. The Bertz CT molecular complexity index is 388. The van der Waals surface area contributed by atoms with Gasteiger partial charge in [0.2, 0.25) is 5.91 Å². The third kappa shape index (κ3) is 8.12. The third-order valence-corrected chi connectivity index (χ3v) is 2.39. The molecule has 0 aliphatic heterocycles. The largest absolute Gasteiger partial charge is 0.379 e. The van der Waals surface area contributed by atoms with E-state index in [1.54, 1.807) is 7.05 Å². The Kier molecular flexibility index (Phi) is 11.0. The van der Waals surface area contributed by atoms with Gasteiger partial charge in [0.15, 0.2) is 0 Å². The van der Waals surface area contributed by atoms with Crippen molar-refractivity contribution in [3.8, 4) is 0 Å². The Hall–Kier alpha value is -1.14. The predicted molar refractivity (Wildman–Crippen MR) is 82.4 cm³/mol. The first-order valence-electron chi connectivity index (χ1n) is 6.45. The van der Waals surface area contributed by atoms with Gasteiger partial charge in [-0.3, -0.25) is 4.79 Å². The Balaban J connectivity index is 0.00000361. The average Bonchev–Trinajstić information content (AvgIpc) is 2.39. The molecule has 0 bridgehead atoms. The molecule has 5 nitrogen and oxygen atoms in total. The van der Waals surface area contributed by atoms with Gasteiger partial charge in [0.25, 0.3) is 0 Å². The minimum Gasteiger partial charge on any atom is -0.379 e. The maximum absolute atomic E-state index is 11.4. The van der Waals surface area contributed by atoms with E-state index in [0.717, 1.165) is 11.3 Å². The first kappa shape index (κ1) is 18.9. The number of rotatable bonds is 9. The molecule has 6 heteroatoms. The van der Waals surface area contributed by atoms with Crippen molar-refractivity contribution in [2.24, 2.45) is 0 Å². The molecule has 1 amide bonds. The highest BCUT2D eigenvalue weighted by Crippen LogP contribution is 2.11. The van der Waals surface area contributed by atoms with Crippen molar-refractivity contribution >= 4 is 24.0 Å². The number of halogens is 1. The van der Waals surface area contributed by atoms with Crippen LogP contribution in [0.15, 0.2) is 24.3 Å². The average molecular weight is 303 g/mol. The second-order valence-electron chi connectivity index (χ2n) is 4.03. The van der Waals surface area contributed by atoms with Crippen LogP contribution in [0.4, 0.5) is 5.69 Å². The van der Waals surface area contributed by atoms with E-state index < -0.39 is 0 Å². The lowest BCUT2D eigenvalue weighted by Gasteiger charge is -2.08. The molecule has 0 spiro atoms. The van der Waals surface area contributed by atoms with Gasteiger partial charge >= 0.3 is 0 Å². The topological polar surface area (TPSA) is 59.6 Å². The van der Waals surface area contributed by atoms with E-state index in [1.165, 1.54) is 0 Å². The first-order chi connectivity index (χ1) is 9.26. The number of amides is 1. The van der Waals surface area contributed by atoms with E-state index in [-0.39, 0.29) is 18.3 Å². The molecule has 1 aromatic rings. The Morgan fingerprint density at radius 2 is 2.00 bits per heavy atom. The van der Waals surface area contributed by atoms with Crippen LogP contribution in [0.25, 0.3) is 0 Å². The van der Waals surface area contributed by atoms with Gasteiger partial charge in [-0.15, -0.1) is 12.4 Å². The van der Waals surface area contributed by atoms with Crippen LogP contribution in [-0.2, 0) is 20.9 Å². The fourth-order valence-corrected chi connectivity index (χ4v) is 1.56. The molecular formula is C14H23ClN2O3. The van der Waals surface area contributed by atoms with Crippen LogP contribution < -0.4 is 10.6 Å². The zero-order valence-corrected chi connectivity index (χ0v) is 12.8. The SMILES string of the molecule is CCOCCOCc1cccc(NC(=O)CNC)c1.Cl. The first-order valence-corrected chi connectivity index (χ1v) is 6.45. The number of hydrogen-bond acceptors (Lipinski definition) is 4. The van der Waals surface area contributed by atoms with Gasteiger partial charge in [-0.25, -0.2) is 0 Å². The van der Waals surface area contributed by atoms with Crippen LogP contribution in [0.3, 0.4) is 0 Å². The summed E-state index contributed by atoms with van der Waals surface area (Å²) in [6, 6.07) is 7.64. The summed E-state index contributed by atoms with van der Waals surface area (Å²) in [6.45, 7) is 4.66. The van der Waals surface area contributed by atoms with Crippen LogP contribution in [-0.4, -0.2) is 39.3 Å². The molecule has 0 saturated heterocycles. The molecule has 0 unspecified atom stereocenters. The highest BCUT2D eigenvalue weighted by atomic mass is 35.5. The molecule has 20 heavy (non-hydrogen) atoms. The molecule has 1 aromatic carbocycles.